The third-order valence-corrected chi connectivity index (χ3v) is 5.97. The van der Waals surface area contributed by atoms with E-state index in [4.69, 9.17) is 29.3 Å². The summed E-state index contributed by atoms with van der Waals surface area (Å²) in [6.07, 6.45) is -6.45. The van der Waals surface area contributed by atoms with Gasteiger partial charge in [-0.15, -0.1) is 0 Å². The molecule has 3 heterocycles. The molecule has 206 valence electrons. The maximum atomic E-state index is 10.6. The minimum Gasteiger partial charge on any atom is -0.475 e. The van der Waals surface area contributed by atoms with Crippen molar-refractivity contribution >= 4 is 11.9 Å². The monoisotopic (exact) mass is 532 g/mol. The zero-order chi connectivity index (χ0) is 27.6. The number of aryl methyl sites for hydroxylation is 1. The van der Waals surface area contributed by atoms with Gasteiger partial charge in [0.1, 0.15) is 0 Å². The molecule has 1 unspecified atom stereocenters. The molecule has 3 rings (SSSR count). The molecule has 0 aliphatic carbocycles. The Labute approximate surface area is 204 Å². The van der Waals surface area contributed by atoms with E-state index in [0.29, 0.717) is 11.3 Å². The quantitative estimate of drug-likeness (QED) is 0.562. The number of likely N-dealkylation sites (tertiary alicyclic amines) is 1. The van der Waals surface area contributed by atoms with Crippen molar-refractivity contribution in [3.8, 4) is 0 Å². The lowest BCUT2D eigenvalue weighted by Gasteiger charge is -2.48. The molecule has 0 saturated carbocycles. The van der Waals surface area contributed by atoms with E-state index in [2.05, 4.69) is 35.0 Å². The first-order valence-corrected chi connectivity index (χ1v) is 10.9. The van der Waals surface area contributed by atoms with Gasteiger partial charge in [0.2, 0.25) is 0 Å². The van der Waals surface area contributed by atoms with E-state index < -0.39 is 24.3 Å². The Kier molecular flexibility index (Phi) is 12.1. The number of methoxy groups -OCH3 is 1. The molecule has 2 aliphatic heterocycles. The molecule has 2 saturated heterocycles. The molecule has 0 amide bonds. The van der Waals surface area contributed by atoms with Crippen LogP contribution in [0.1, 0.15) is 30.7 Å². The molecule has 8 nitrogen and oxygen atoms in total. The number of piperidine rings is 1. The SMILES string of the molecule is COCC1COCCC12CCN(Cc1cccc(C)n1)CC2.O=C(O)C(F)(F)F.O=C(O)C(F)(F)F. The van der Waals surface area contributed by atoms with Gasteiger partial charge < -0.3 is 19.7 Å². The van der Waals surface area contributed by atoms with Gasteiger partial charge in [0.05, 0.1) is 18.9 Å². The molecular weight excluding hydrogens is 502 g/mol. The summed E-state index contributed by atoms with van der Waals surface area (Å²) in [6.45, 7) is 7.98. The van der Waals surface area contributed by atoms with Crippen molar-refractivity contribution in [1.82, 2.24) is 9.88 Å². The van der Waals surface area contributed by atoms with Crippen LogP contribution in [-0.2, 0) is 25.6 Å². The average molecular weight is 532 g/mol. The van der Waals surface area contributed by atoms with Crippen molar-refractivity contribution in [2.45, 2.75) is 45.1 Å². The highest BCUT2D eigenvalue weighted by molar-refractivity contribution is 5.73. The molecule has 1 atom stereocenters. The summed E-state index contributed by atoms with van der Waals surface area (Å²) in [5, 5.41) is 14.2. The predicted molar refractivity (Wildman–Crippen MR) is 114 cm³/mol. The van der Waals surface area contributed by atoms with Gasteiger partial charge in [0.15, 0.2) is 0 Å². The zero-order valence-corrected chi connectivity index (χ0v) is 19.9. The van der Waals surface area contributed by atoms with Gasteiger partial charge in [-0.05, 0) is 56.8 Å². The van der Waals surface area contributed by atoms with Crippen LogP contribution in [0.3, 0.4) is 0 Å². The standard InChI is InChI=1S/C18H28N2O2.2C2HF3O2/c1-15-4-3-5-17(19-15)12-20-9-6-18(7-10-20)8-11-22-14-16(18)13-21-2;2*3-2(4,5)1(6)7/h3-5,16H,6-14H2,1-2H3;2*(H,6,7). The number of aromatic nitrogens is 1. The Hall–Kier alpha value is -2.45. The second-order valence-corrected chi connectivity index (χ2v) is 8.49. The van der Waals surface area contributed by atoms with Crippen molar-refractivity contribution in [2.75, 3.05) is 40.0 Å². The lowest BCUT2D eigenvalue weighted by Crippen LogP contribution is -2.49. The van der Waals surface area contributed by atoms with E-state index in [1.165, 1.54) is 25.0 Å². The van der Waals surface area contributed by atoms with Crippen LogP contribution in [0.4, 0.5) is 26.3 Å². The summed E-state index contributed by atoms with van der Waals surface area (Å²) < 4.78 is 74.6. The number of halogens is 6. The summed E-state index contributed by atoms with van der Waals surface area (Å²) in [6, 6.07) is 6.31. The number of nitrogens with zero attached hydrogens (tertiary/aromatic N) is 2. The molecule has 1 aromatic rings. The van der Waals surface area contributed by atoms with E-state index in [1.807, 2.05) is 0 Å². The third kappa shape index (κ3) is 10.7. The van der Waals surface area contributed by atoms with Gasteiger partial charge >= 0.3 is 24.3 Å². The number of ether oxygens (including phenoxy) is 2. The number of carboxylic acid groups (broad SMARTS) is 2. The van der Waals surface area contributed by atoms with E-state index >= 15 is 0 Å². The highest BCUT2D eigenvalue weighted by atomic mass is 19.4. The second-order valence-electron chi connectivity index (χ2n) is 8.49. The molecule has 14 heteroatoms. The largest absolute Gasteiger partial charge is 0.490 e. The summed E-state index contributed by atoms with van der Waals surface area (Å²) >= 11 is 0. The Balaban J connectivity index is 0.000000383. The van der Waals surface area contributed by atoms with Crippen molar-refractivity contribution in [3.05, 3.63) is 29.6 Å². The number of carboxylic acids is 2. The number of hydrogen-bond acceptors (Lipinski definition) is 6. The minimum atomic E-state index is -5.08. The number of pyridine rings is 1. The van der Waals surface area contributed by atoms with Crippen LogP contribution in [0, 0.1) is 18.3 Å². The van der Waals surface area contributed by atoms with Crippen LogP contribution in [0.15, 0.2) is 18.2 Å². The van der Waals surface area contributed by atoms with Crippen LogP contribution in [0.5, 0.6) is 0 Å². The predicted octanol–water partition coefficient (Wildman–Crippen LogP) is 3.92. The Morgan fingerprint density at radius 2 is 1.61 bits per heavy atom. The summed E-state index contributed by atoms with van der Waals surface area (Å²) in [5.74, 6) is -4.95. The molecule has 2 N–H and O–H groups in total. The summed E-state index contributed by atoms with van der Waals surface area (Å²) in [4.78, 5) is 25.0. The second kappa shape index (κ2) is 13.7. The molecule has 1 aromatic heterocycles. The van der Waals surface area contributed by atoms with Crippen molar-refractivity contribution in [2.24, 2.45) is 11.3 Å². The first-order valence-electron chi connectivity index (χ1n) is 10.9. The molecule has 0 radical (unpaired) electrons. The smallest absolute Gasteiger partial charge is 0.475 e. The molecule has 2 aliphatic rings. The highest BCUT2D eigenvalue weighted by Gasteiger charge is 2.43. The van der Waals surface area contributed by atoms with Gasteiger partial charge in [-0.2, -0.15) is 26.3 Å². The first kappa shape index (κ1) is 31.6. The molecular formula is C22H30F6N2O6. The maximum absolute atomic E-state index is 10.6. The van der Waals surface area contributed by atoms with E-state index in [1.54, 1.807) is 7.11 Å². The number of rotatable bonds is 4. The number of aliphatic carboxylic acids is 2. The van der Waals surface area contributed by atoms with Crippen LogP contribution in [-0.4, -0.2) is 84.4 Å². The molecule has 2 fully saturated rings. The van der Waals surface area contributed by atoms with Crippen LogP contribution in [0.25, 0.3) is 0 Å². The fraction of sp³-hybridized carbons (Fsp3) is 0.682. The van der Waals surface area contributed by atoms with Crippen molar-refractivity contribution in [3.63, 3.8) is 0 Å². The van der Waals surface area contributed by atoms with Crippen LogP contribution < -0.4 is 0 Å². The van der Waals surface area contributed by atoms with Gasteiger partial charge in [0.25, 0.3) is 0 Å². The molecule has 36 heavy (non-hydrogen) atoms. The fourth-order valence-electron chi connectivity index (χ4n) is 4.04. The van der Waals surface area contributed by atoms with E-state index in [0.717, 1.165) is 45.1 Å². The first-order chi connectivity index (χ1) is 16.6. The molecule has 0 bridgehead atoms. The lowest BCUT2D eigenvalue weighted by atomic mass is 9.66. The van der Waals surface area contributed by atoms with Crippen LogP contribution in [0.2, 0.25) is 0 Å². The van der Waals surface area contributed by atoms with Gasteiger partial charge in [-0.25, -0.2) is 9.59 Å². The van der Waals surface area contributed by atoms with Gasteiger partial charge in [-0.3, -0.25) is 9.88 Å². The highest BCUT2D eigenvalue weighted by Crippen LogP contribution is 2.44. The fourth-order valence-corrected chi connectivity index (χ4v) is 4.04. The normalized spacial score (nSPS) is 19.9. The number of alkyl halides is 6. The van der Waals surface area contributed by atoms with E-state index in [-0.39, 0.29) is 0 Å². The summed E-state index contributed by atoms with van der Waals surface area (Å²) in [5.41, 5.74) is 2.73. The third-order valence-electron chi connectivity index (χ3n) is 5.97. The maximum Gasteiger partial charge on any atom is 0.490 e. The molecule has 0 aromatic carbocycles. The zero-order valence-electron chi connectivity index (χ0n) is 19.9. The van der Waals surface area contributed by atoms with Crippen LogP contribution >= 0.6 is 0 Å². The van der Waals surface area contributed by atoms with Gasteiger partial charge in [-0.1, -0.05) is 6.07 Å². The average Bonchev–Trinajstić information content (AvgIpc) is 2.77. The number of hydrogen-bond donors (Lipinski definition) is 2. The topological polar surface area (TPSA) is 109 Å². The Morgan fingerprint density at radius 1 is 1.08 bits per heavy atom. The van der Waals surface area contributed by atoms with Crippen molar-refractivity contribution in [1.29, 1.82) is 0 Å². The van der Waals surface area contributed by atoms with E-state index in [9.17, 15) is 26.3 Å². The minimum absolute atomic E-state index is 0.435. The lowest BCUT2D eigenvalue weighted by molar-refractivity contribution is -0.193. The Morgan fingerprint density at radius 3 is 2.06 bits per heavy atom. The van der Waals surface area contributed by atoms with Gasteiger partial charge in [0, 0.05) is 31.9 Å². The number of carbonyl (C=O) groups is 2. The Bertz CT molecular complexity index is 815. The molecule has 1 spiro atoms. The summed E-state index contributed by atoms with van der Waals surface area (Å²) in [7, 11) is 1.81. The van der Waals surface area contributed by atoms with Crippen molar-refractivity contribution < 1.29 is 55.6 Å².